The number of hydrogen-bond donors (Lipinski definition) is 1. The lowest BCUT2D eigenvalue weighted by Gasteiger charge is -2.29. The molecule has 0 fully saturated rings. The largest absolute Gasteiger partial charge is 0.484 e. The molecule has 1 N–H and O–H groups in total. The Morgan fingerprint density at radius 3 is 2.43 bits per heavy atom. The van der Waals surface area contributed by atoms with Gasteiger partial charge in [0.25, 0.3) is 5.91 Å². The molecule has 0 saturated carbocycles. The molecule has 2 atom stereocenters. The number of carbonyl (C=O) groups is 2. The van der Waals surface area contributed by atoms with Gasteiger partial charge in [0.05, 0.1) is 10.0 Å². The van der Waals surface area contributed by atoms with Crippen LogP contribution in [0.3, 0.4) is 0 Å². The van der Waals surface area contributed by atoms with Crippen LogP contribution in [0.4, 0.5) is 0 Å². The number of para-hydroxylation sites is 1. The summed E-state index contributed by atoms with van der Waals surface area (Å²) in [5.74, 6) is 0.127. The van der Waals surface area contributed by atoms with Gasteiger partial charge < -0.3 is 15.0 Å². The Bertz CT molecular complexity index is 889. The maximum absolute atomic E-state index is 13.0. The topological polar surface area (TPSA) is 58.6 Å². The normalized spacial score (nSPS) is 12.7. The van der Waals surface area contributed by atoms with Crippen LogP contribution >= 0.6 is 23.2 Å². The van der Waals surface area contributed by atoms with Gasteiger partial charge in [-0.25, -0.2) is 0 Å². The first-order valence-electron chi connectivity index (χ1n) is 9.95. The number of nitrogens with one attached hydrogen (secondary N) is 1. The quantitative estimate of drug-likeness (QED) is 0.583. The number of halogens is 2. The summed E-state index contributed by atoms with van der Waals surface area (Å²) in [5, 5.41) is 3.76. The molecule has 2 amide bonds. The highest BCUT2D eigenvalue weighted by Crippen LogP contribution is 2.24. The molecule has 0 heterocycles. The molecule has 162 valence electrons. The molecule has 0 spiro atoms. The minimum Gasteiger partial charge on any atom is -0.484 e. The van der Waals surface area contributed by atoms with Crippen LogP contribution in [-0.2, 0) is 16.1 Å². The number of rotatable bonds is 9. The molecule has 0 bridgehead atoms. The third-order valence-corrected chi connectivity index (χ3v) is 5.69. The summed E-state index contributed by atoms with van der Waals surface area (Å²) in [4.78, 5) is 27.2. The van der Waals surface area contributed by atoms with Crippen LogP contribution in [0.1, 0.15) is 38.3 Å². The highest BCUT2D eigenvalue weighted by Gasteiger charge is 2.27. The number of carbonyl (C=O) groups excluding carboxylic acids is 2. The average molecular weight is 451 g/mol. The van der Waals surface area contributed by atoms with Crippen molar-refractivity contribution in [2.75, 3.05) is 6.61 Å². The van der Waals surface area contributed by atoms with Gasteiger partial charge in [0.2, 0.25) is 5.91 Å². The van der Waals surface area contributed by atoms with Gasteiger partial charge >= 0.3 is 0 Å². The van der Waals surface area contributed by atoms with Gasteiger partial charge in [-0.2, -0.15) is 0 Å². The minimum atomic E-state index is -0.679. The van der Waals surface area contributed by atoms with Crippen LogP contribution < -0.4 is 10.1 Å². The van der Waals surface area contributed by atoms with Gasteiger partial charge in [-0.3, -0.25) is 9.59 Å². The smallest absolute Gasteiger partial charge is 0.261 e. The van der Waals surface area contributed by atoms with E-state index in [1.807, 2.05) is 45.0 Å². The van der Waals surface area contributed by atoms with Crippen LogP contribution in [0, 0.1) is 6.92 Å². The molecule has 0 aliphatic rings. The monoisotopic (exact) mass is 450 g/mol. The van der Waals surface area contributed by atoms with E-state index in [0.717, 1.165) is 17.5 Å². The second kappa shape index (κ2) is 11.2. The average Bonchev–Trinajstić information content (AvgIpc) is 2.73. The van der Waals surface area contributed by atoms with Gasteiger partial charge in [-0.05, 0) is 56.5 Å². The SMILES string of the molecule is CC[C@@H](C)NC(=O)[C@@H](C)N(Cc1ccc(Cl)c(Cl)c1)C(=O)COc1ccccc1C. The third kappa shape index (κ3) is 6.64. The van der Waals surface area contributed by atoms with Crippen molar-refractivity contribution in [2.45, 2.75) is 52.7 Å². The summed E-state index contributed by atoms with van der Waals surface area (Å²) in [7, 11) is 0. The fourth-order valence-corrected chi connectivity index (χ4v) is 3.14. The van der Waals surface area contributed by atoms with E-state index in [4.69, 9.17) is 27.9 Å². The Morgan fingerprint density at radius 2 is 1.80 bits per heavy atom. The molecule has 2 rings (SSSR count). The number of benzene rings is 2. The number of aryl methyl sites for hydroxylation is 1. The predicted molar refractivity (Wildman–Crippen MR) is 121 cm³/mol. The molecular formula is C23H28Cl2N2O3. The molecule has 0 unspecified atom stereocenters. The summed E-state index contributed by atoms with van der Waals surface area (Å²) in [6.45, 7) is 7.58. The molecule has 30 heavy (non-hydrogen) atoms. The molecule has 2 aromatic rings. The van der Waals surface area contributed by atoms with Gasteiger partial charge in [-0.15, -0.1) is 0 Å². The van der Waals surface area contributed by atoms with Crippen molar-refractivity contribution in [1.82, 2.24) is 10.2 Å². The fourth-order valence-electron chi connectivity index (χ4n) is 2.82. The lowest BCUT2D eigenvalue weighted by atomic mass is 10.1. The van der Waals surface area contributed by atoms with Crippen LogP contribution in [0.15, 0.2) is 42.5 Å². The number of hydrogen-bond acceptors (Lipinski definition) is 3. The lowest BCUT2D eigenvalue weighted by Crippen LogP contribution is -2.50. The second-order valence-corrected chi connectivity index (χ2v) is 8.13. The van der Waals surface area contributed by atoms with E-state index in [1.165, 1.54) is 4.90 Å². The Morgan fingerprint density at radius 1 is 1.10 bits per heavy atom. The standard InChI is InChI=1S/C23H28Cl2N2O3/c1-5-16(3)26-23(29)17(4)27(13-18-10-11-19(24)20(25)12-18)22(28)14-30-21-9-7-6-8-15(21)2/h6-12,16-17H,5,13-14H2,1-4H3,(H,26,29)/t16-,17-/m1/s1. The summed E-state index contributed by atoms with van der Waals surface area (Å²) in [5.41, 5.74) is 1.71. The second-order valence-electron chi connectivity index (χ2n) is 7.32. The highest BCUT2D eigenvalue weighted by molar-refractivity contribution is 6.42. The molecule has 7 heteroatoms. The van der Waals surface area contributed by atoms with Crippen molar-refractivity contribution in [1.29, 1.82) is 0 Å². The Balaban J connectivity index is 2.20. The van der Waals surface area contributed by atoms with Crippen LogP contribution in [0.2, 0.25) is 10.0 Å². The lowest BCUT2D eigenvalue weighted by molar-refractivity contribution is -0.142. The van der Waals surface area contributed by atoms with Crippen molar-refractivity contribution in [3.63, 3.8) is 0 Å². The molecule has 0 saturated heterocycles. The number of amides is 2. The maximum Gasteiger partial charge on any atom is 0.261 e. The molecule has 0 radical (unpaired) electrons. The summed E-state index contributed by atoms with van der Waals surface area (Å²) >= 11 is 12.1. The molecular weight excluding hydrogens is 423 g/mol. The highest BCUT2D eigenvalue weighted by atomic mass is 35.5. The first-order valence-corrected chi connectivity index (χ1v) is 10.7. The first kappa shape index (κ1) is 24.0. The number of ether oxygens (including phenoxy) is 1. The Hall–Kier alpha value is -2.24. The molecule has 0 aliphatic carbocycles. The van der Waals surface area contributed by atoms with E-state index in [1.54, 1.807) is 25.1 Å². The van der Waals surface area contributed by atoms with Crippen molar-refractivity contribution < 1.29 is 14.3 Å². The Labute approximate surface area is 188 Å². The van der Waals surface area contributed by atoms with Crippen molar-refractivity contribution in [3.05, 3.63) is 63.6 Å². The summed E-state index contributed by atoms with van der Waals surface area (Å²) in [6.07, 6.45) is 0.801. The predicted octanol–water partition coefficient (Wildman–Crippen LogP) is 5.01. The van der Waals surface area contributed by atoms with E-state index < -0.39 is 6.04 Å². The van der Waals surface area contributed by atoms with E-state index >= 15 is 0 Å². The third-order valence-electron chi connectivity index (χ3n) is 4.95. The molecule has 2 aromatic carbocycles. The van der Waals surface area contributed by atoms with Gasteiger partial charge in [-0.1, -0.05) is 54.4 Å². The van der Waals surface area contributed by atoms with Crippen LogP contribution in [-0.4, -0.2) is 35.4 Å². The minimum absolute atomic E-state index is 0.0186. The zero-order chi connectivity index (χ0) is 22.3. The summed E-state index contributed by atoms with van der Waals surface area (Å²) < 4.78 is 5.72. The van der Waals surface area contributed by atoms with E-state index in [9.17, 15) is 9.59 Å². The van der Waals surface area contributed by atoms with Crippen molar-refractivity contribution >= 4 is 35.0 Å². The molecule has 0 aliphatic heterocycles. The number of nitrogens with zero attached hydrogens (tertiary/aromatic N) is 1. The summed E-state index contributed by atoms with van der Waals surface area (Å²) in [6, 6.07) is 12.0. The van der Waals surface area contributed by atoms with Gasteiger partial charge in [0, 0.05) is 12.6 Å². The maximum atomic E-state index is 13.0. The zero-order valence-electron chi connectivity index (χ0n) is 17.7. The van der Waals surface area contributed by atoms with Crippen LogP contribution in [0.25, 0.3) is 0 Å². The Kier molecular flexibility index (Phi) is 9.00. The van der Waals surface area contributed by atoms with E-state index in [0.29, 0.717) is 15.8 Å². The first-order chi connectivity index (χ1) is 14.2. The van der Waals surface area contributed by atoms with Crippen molar-refractivity contribution in [2.24, 2.45) is 0 Å². The van der Waals surface area contributed by atoms with Gasteiger partial charge in [0.1, 0.15) is 11.8 Å². The van der Waals surface area contributed by atoms with Crippen LogP contribution in [0.5, 0.6) is 5.75 Å². The molecule has 5 nitrogen and oxygen atoms in total. The van der Waals surface area contributed by atoms with E-state index in [-0.39, 0.29) is 31.0 Å². The van der Waals surface area contributed by atoms with E-state index in [2.05, 4.69) is 5.32 Å². The van der Waals surface area contributed by atoms with Gasteiger partial charge in [0.15, 0.2) is 6.61 Å². The zero-order valence-corrected chi connectivity index (χ0v) is 19.3. The van der Waals surface area contributed by atoms with Crippen molar-refractivity contribution in [3.8, 4) is 5.75 Å². The molecule has 0 aromatic heterocycles. The fraction of sp³-hybridized carbons (Fsp3) is 0.391.